The molecule has 0 aliphatic rings. The number of carboxylic acids is 1. The van der Waals surface area contributed by atoms with Crippen LogP contribution in [0.4, 0.5) is 0 Å². The van der Waals surface area contributed by atoms with Crippen molar-refractivity contribution in [2.45, 2.75) is 39.2 Å². The minimum Gasteiger partial charge on any atom is -0.481 e. The number of carbonyl (C=O) groups excluding carboxylic acids is 1. The van der Waals surface area contributed by atoms with E-state index in [2.05, 4.69) is 5.32 Å². The summed E-state index contributed by atoms with van der Waals surface area (Å²) in [5.41, 5.74) is 0. The molecule has 0 aromatic carbocycles. The molecule has 0 aromatic heterocycles. The van der Waals surface area contributed by atoms with Crippen LogP contribution in [0.25, 0.3) is 0 Å². The maximum Gasteiger partial charge on any atom is 0.303 e. The van der Waals surface area contributed by atoms with Crippen LogP contribution < -0.4 is 5.32 Å². The SMILES string of the molecule is CC(=O)NC(C)CCCC(=O)O. The predicted molar refractivity (Wildman–Crippen MR) is 44.8 cm³/mol. The quantitative estimate of drug-likeness (QED) is 0.645. The number of rotatable bonds is 5. The molecule has 1 atom stereocenters. The third-order valence-electron chi connectivity index (χ3n) is 1.48. The summed E-state index contributed by atoms with van der Waals surface area (Å²) in [6.45, 7) is 3.32. The molecule has 0 aromatic rings. The minimum atomic E-state index is -0.787. The lowest BCUT2D eigenvalue weighted by Crippen LogP contribution is -2.30. The molecule has 70 valence electrons. The van der Waals surface area contributed by atoms with Gasteiger partial charge in [-0.05, 0) is 19.8 Å². The molecule has 4 nitrogen and oxygen atoms in total. The highest BCUT2D eigenvalue weighted by atomic mass is 16.4. The Kier molecular flexibility index (Phi) is 5.08. The monoisotopic (exact) mass is 173 g/mol. The van der Waals surface area contributed by atoms with Gasteiger partial charge in [0.1, 0.15) is 0 Å². The molecule has 0 fully saturated rings. The maximum atomic E-state index is 10.5. The van der Waals surface area contributed by atoms with Gasteiger partial charge in [-0.25, -0.2) is 0 Å². The summed E-state index contributed by atoms with van der Waals surface area (Å²) in [6.07, 6.45) is 1.49. The van der Waals surface area contributed by atoms with E-state index in [0.717, 1.165) is 0 Å². The average Bonchev–Trinajstić information content (AvgIpc) is 1.84. The highest BCUT2D eigenvalue weighted by Gasteiger charge is 2.04. The number of aliphatic carboxylic acids is 1. The van der Waals surface area contributed by atoms with Gasteiger partial charge in [0.2, 0.25) is 5.91 Å². The standard InChI is InChI=1S/C8H15NO3/c1-6(9-7(2)10)4-3-5-8(11)12/h6H,3-5H2,1-2H3,(H,9,10)(H,11,12). The van der Waals surface area contributed by atoms with Crippen molar-refractivity contribution in [2.24, 2.45) is 0 Å². The third-order valence-corrected chi connectivity index (χ3v) is 1.48. The van der Waals surface area contributed by atoms with E-state index in [1.807, 2.05) is 6.92 Å². The molecule has 0 aliphatic heterocycles. The lowest BCUT2D eigenvalue weighted by molar-refractivity contribution is -0.137. The molecule has 0 aliphatic carbocycles. The van der Waals surface area contributed by atoms with E-state index in [-0.39, 0.29) is 18.4 Å². The highest BCUT2D eigenvalue weighted by Crippen LogP contribution is 1.99. The second-order valence-corrected chi connectivity index (χ2v) is 2.89. The van der Waals surface area contributed by atoms with Gasteiger partial charge >= 0.3 is 5.97 Å². The zero-order chi connectivity index (χ0) is 9.56. The van der Waals surface area contributed by atoms with Gasteiger partial charge in [0.05, 0.1) is 0 Å². The van der Waals surface area contributed by atoms with Gasteiger partial charge in [-0.1, -0.05) is 0 Å². The molecule has 0 spiro atoms. The number of nitrogens with one attached hydrogen (secondary N) is 1. The van der Waals surface area contributed by atoms with Gasteiger partial charge < -0.3 is 10.4 Å². The Morgan fingerprint density at radius 3 is 2.50 bits per heavy atom. The van der Waals surface area contributed by atoms with Crippen molar-refractivity contribution < 1.29 is 14.7 Å². The highest BCUT2D eigenvalue weighted by molar-refractivity contribution is 5.73. The normalized spacial score (nSPS) is 12.2. The summed E-state index contributed by atoms with van der Waals surface area (Å²) < 4.78 is 0. The van der Waals surface area contributed by atoms with E-state index >= 15 is 0 Å². The second-order valence-electron chi connectivity index (χ2n) is 2.89. The minimum absolute atomic E-state index is 0.0712. The van der Waals surface area contributed by atoms with Gasteiger partial charge in [0.25, 0.3) is 0 Å². The van der Waals surface area contributed by atoms with Crippen LogP contribution in [0.5, 0.6) is 0 Å². The zero-order valence-corrected chi connectivity index (χ0v) is 7.46. The fourth-order valence-corrected chi connectivity index (χ4v) is 0.979. The topological polar surface area (TPSA) is 66.4 Å². The molecule has 0 rings (SSSR count). The van der Waals surface area contributed by atoms with Gasteiger partial charge in [-0.2, -0.15) is 0 Å². The van der Waals surface area contributed by atoms with Crippen LogP contribution in [0, 0.1) is 0 Å². The first kappa shape index (κ1) is 10.9. The van der Waals surface area contributed by atoms with Gasteiger partial charge in [0.15, 0.2) is 0 Å². The Labute approximate surface area is 72.0 Å². The van der Waals surface area contributed by atoms with Crippen molar-refractivity contribution in [3.8, 4) is 0 Å². The Hall–Kier alpha value is -1.06. The average molecular weight is 173 g/mol. The largest absolute Gasteiger partial charge is 0.481 e. The van der Waals surface area contributed by atoms with Crippen molar-refractivity contribution in [1.82, 2.24) is 5.32 Å². The fourth-order valence-electron chi connectivity index (χ4n) is 0.979. The Bertz CT molecular complexity index is 168. The summed E-state index contributed by atoms with van der Waals surface area (Å²) in [5, 5.41) is 11.0. The molecule has 0 bridgehead atoms. The first-order chi connectivity index (χ1) is 5.52. The molecule has 1 unspecified atom stereocenters. The molecular formula is C8H15NO3. The van der Waals surface area contributed by atoms with Crippen molar-refractivity contribution in [2.75, 3.05) is 0 Å². The van der Waals surface area contributed by atoms with Crippen LogP contribution in [-0.4, -0.2) is 23.0 Å². The van der Waals surface area contributed by atoms with Gasteiger partial charge in [-0.15, -0.1) is 0 Å². The zero-order valence-electron chi connectivity index (χ0n) is 7.46. The Balaban J connectivity index is 3.37. The van der Waals surface area contributed by atoms with Crippen LogP contribution in [0.1, 0.15) is 33.1 Å². The van der Waals surface area contributed by atoms with E-state index in [9.17, 15) is 9.59 Å². The number of amides is 1. The molecule has 0 heterocycles. The summed E-state index contributed by atoms with van der Waals surface area (Å²) in [5.74, 6) is -0.858. The first-order valence-corrected chi connectivity index (χ1v) is 4.01. The van der Waals surface area contributed by atoms with E-state index in [1.165, 1.54) is 6.92 Å². The van der Waals surface area contributed by atoms with Crippen molar-refractivity contribution in [1.29, 1.82) is 0 Å². The number of hydrogen-bond donors (Lipinski definition) is 2. The Morgan fingerprint density at radius 1 is 1.50 bits per heavy atom. The summed E-state index contributed by atoms with van der Waals surface area (Å²) in [6, 6.07) is 0.0712. The van der Waals surface area contributed by atoms with Crippen molar-refractivity contribution in [3.05, 3.63) is 0 Å². The molecule has 0 saturated carbocycles. The van der Waals surface area contributed by atoms with Gasteiger partial charge in [0, 0.05) is 19.4 Å². The smallest absolute Gasteiger partial charge is 0.303 e. The second kappa shape index (κ2) is 5.57. The number of hydrogen-bond acceptors (Lipinski definition) is 2. The van der Waals surface area contributed by atoms with E-state index in [1.54, 1.807) is 0 Å². The summed E-state index contributed by atoms with van der Waals surface area (Å²) >= 11 is 0. The summed E-state index contributed by atoms with van der Waals surface area (Å²) in [7, 11) is 0. The fraction of sp³-hybridized carbons (Fsp3) is 0.750. The number of carboxylic acid groups (broad SMARTS) is 1. The van der Waals surface area contributed by atoms with Gasteiger partial charge in [-0.3, -0.25) is 9.59 Å². The summed E-state index contributed by atoms with van der Waals surface area (Å²) in [4.78, 5) is 20.6. The lowest BCUT2D eigenvalue weighted by Gasteiger charge is -2.10. The van der Waals surface area contributed by atoms with E-state index in [0.29, 0.717) is 12.8 Å². The molecule has 1 amide bonds. The van der Waals surface area contributed by atoms with Crippen LogP contribution in [0.3, 0.4) is 0 Å². The maximum absolute atomic E-state index is 10.5. The molecule has 12 heavy (non-hydrogen) atoms. The molecule has 0 radical (unpaired) electrons. The van der Waals surface area contributed by atoms with Crippen molar-refractivity contribution >= 4 is 11.9 Å². The number of carbonyl (C=O) groups is 2. The first-order valence-electron chi connectivity index (χ1n) is 4.01. The lowest BCUT2D eigenvalue weighted by atomic mass is 10.1. The predicted octanol–water partition coefficient (Wildman–Crippen LogP) is 0.766. The molecule has 0 saturated heterocycles. The third kappa shape index (κ3) is 7.05. The van der Waals surface area contributed by atoms with E-state index < -0.39 is 5.97 Å². The van der Waals surface area contributed by atoms with Crippen LogP contribution in [0.15, 0.2) is 0 Å². The molecule has 4 heteroatoms. The van der Waals surface area contributed by atoms with Crippen molar-refractivity contribution in [3.63, 3.8) is 0 Å². The van der Waals surface area contributed by atoms with Crippen LogP contribution >= 0.6 is 0 Å². The van der Waals surface area contributed by atoms with Crippen LogP contribution in [-0.2, 0) is 9.59 Å². The molecular weight excluding hydrogens is 158 g/mol. The Morgan fingerprint density at radius 2 is 2.08 bits per heavy atom. The van der Waals surface area contributed by atoms with Crippen LogP contribution in [0.2, 0.25) is 0 Å². The van der Waals surface area contributed by atoms with E-state index in [4.69, 9.17) is 5.11 Å². The molecule has 2 N–H and O–H groups in total.